The maximum Gasteiger partial charge on any atom is 0.275 e. The molecule has 0 saturated carbocycles. The molecule has 0 heterocycles. The molecular formula is C4H6ClNOS. The molecule has 4 heteroatoms. The highest BCUT2D eigenvalue weighted by Gasteiger charge is 2.05. The summed E-state index contributed by atoms with van der Waals surface area (Å²) >= 11 is 9.53. The van der Waals surface area contributed by atoms with E-state index in [9.17, 15) is 4.79 Å². The van der Waals surface area contributed by atoms with E-state index in [1.807, 2.05) is 0 Å². The number of thiocarbonyl (C=S) groups is 1. The van der Waals surface area contributed by atoms with Gasteiger partial charge in [-0.2, -0.15) is 0 Å². The van der Waals surface area contributed by atoms with Gasteiger partial charge in [0.25, 0.3) is 5.91 Å². The third-order valence-corrected chi connectivity index (χ3v) is 0.911. The van der Waals surface area contributed by atoms with Gasteiger partial charge in [0.15, 0.2) is 4.32 Å². The molecule has 0 aromatic rings. The number of hydrogen-bond donors (Lipinski definition) is 0. The van der Waals surface area contributed by atoms with Crippen LogP contribution in [0.4, 0.5) is 0 Å². The normalized spacial score (nSPS) is 8.38. The first-order valence-electron chi connectivity index (χ1n) is 1.97. The highest BCUT2D eigenvalue weighted by molar-refractivity contribution is 7.85. The first-order valence-corrected chi connectivity index (χ1v) is 2.75. The maximum atomic E-state index is 10.5. The smallest absolute Gasteiger partial charge is 0.275 e. The molecule has 2 nitrogen and oxygen atoms in total. The van der Waals surface area contributed by atoms with Crippen molar-refractivity contribution >= 4 is 34.0 Å². The summed E-state index contributed by atoms with van der Waals surface area (Å²) < 4.78 is -0.116. The Bertz CT molecular complexity index is 123. The summed E-state index contributed by atoms with van der Waals surface area (Å²) in [6.07, 6.45) is 0. The second kappa shape index (κ2) is 2.99. The average Bonchev–Trinajstić information content (AvgIpc) is 1.64. The predicted molar refractivity (Wildman–Crippen MR) is 37.1 cm³/mol. The van der Waals surface area contributed by atoms with E-state index < -0.39 is 0 Å². The lowest BCUT2D eigenvalue weighted by molar-refractivity contribution is -0.121. The summed E-state index contributed by atoms with van der Waals surface area (Å²) in [4.78, 5) is 11.8. The van der Waals surface area contributed by atoms with Crippen molar-refractivity contribution in [3.8, 4) is 0 Å². The Hall–Kier alpha value is -0.150. The fraction of sp³-hybridized carbons (Fsp3) is 0.500. The second-order valence-electron chi connectivity index (χ2n) is 1.47. The summed E-state index contributed by atoms with van der Waals surface area (Å²) in [5.74, 6) is -0.318. The molecule has 0 rings (SSSR count). The summed E-state index contributed by atoms with van der Waals surface area (Å²) in [6.45, 7) is 0. The molecule has 0 radical (unpaired) electrons. The lowest BCUT2D eigenvalue weighted by Crippen LogP contribution is -2.25. The Morgan fingerprint density at radius 2 is 2.00 bits per heavy atom. The van der Waals surface area contributed by atoms with Gasteiger partial charge in [-0.15, -0.1) is 0 Å². The van der Waals surface area contributed by atoms with Crippen molar-refractivity contribution in [2.45, 2.75) is 0 Å². The summed E-state index contributed by atoms with van der Waals surface area (Å²) in [6, 6.07) is 0. The first-order chi connectivity index (χ1) is 3.55. The van der Waals surface area contributed by atoms with Crippen LogP contribution in [0, 0.1) is 0 Å². The van der Waals surface area contributed by atoms with Gasteiger partial charge in [-0.25, -0.2) is 0 Å². The molecule has 0 aliphatic heterocycles. The molecule has 1 amide bonds. The number of rotatable bonds is 1. The molecule has 46 valence electrons. The summed E-state index contributed by atoms with van der Waals surface area (Å²) in [5.41, 5.74) is 0. The molecule has 0 unspecified atom stereocenters. The van der Waals surface area contributed by atoms with E-state index in [1.54, 1.807) is 14.1 Å². The minimum Gasteiger partial charge on any atom is -0.343 e. The number of nitrogens with zero attached hydrogens (tertiary/aromatic N) is 1. The lowest BCUT2D eigenvalue weighted by Gasteiger charge is -2.05. The third-order valence-electron chi connectivity index (χ3n) is 0.574. The number of halogens is 1. The molecule has 0 aromatic heterocycles. The molecule has 0 aromatic carbocycles. The zero-order valence-corrected chi connectivity index (χ0v) is 6.21. The molecule has 8 heavy (non-hydrogen) atoms. The molecule has 0 aliphatic carbocycles. The minimum atomic E-state index is -0.318. The van der Waals surface area contributed by atoms with Gasteiger partial charge < -0.3 is 4.90 Å². The fourth-order valence-electron chi connectivity index (χ4n) is 0.176. The van der Waals surface area contributed by atoms with E-state index in [2.05, 4.69) is 12.2 Å². The molecule has 0 atom stereocenters. The Morgan fingerprint density at radius 1 is 1.62 bits per heavy atom. The van der Waals surface area contributed by atoms with E-state index in [0.717, 1.165) is 0 Å². The van der Waals surface area contributed by atoms with Crippen LogP contribution in [0.3, 0.4) is 0 Å². The van der Waals surface area contributed by atoms with Gasteiger partial charge >= 0.3 is 0 Å². The SMILES string of the molecule is CN(C)C(=O)C(=S)Cl. The maximum absolute atomic E-state index is 10.5. The van der Waals surface area contributed by atoms with Crippen molar-refractivity contribution in [1.82, 2.24) is 4.90 Å². The Balaban J connectivity index is 3.84. The van der Waals surface area contributed by atoms with Crippen LogP contribution < -0.4 is 0 Å². The Kier molecular flexibility index (Phi) is 2.94. The van der Waals surface area contributed by atoms with Gasteiger partial charge in [0.2, 0.25) is 0 Å². The molecule has 0 N–H and O–H groups in total. The van der Waals surface area contributed by atoms with Crippen LogP contribution in [0.15, 0.2) is 0 Å². The third kappa shape index (κ3) is 2.23. The van der Waals surface area contributed by atoms with Crippen molar-refractivity contribution in [3.05, 3.63) is 0 Å². The van der Waals surface area contributed by atoms with Crippen molar-refractivity contribution in [2.24, 2.45) is 0 Å². The zero-order chi connectivity index (χ0) is 6.73. The second-order valence-corrected chi connectivity index (χ2v) is 2.48. The summed E-state index contributed by atoms with van der Waals surface area (Å²) in [7, 11) is 3.19. The first kappa shape index (κ1) is 7.85. The van der Waals surface area contributed by atoms with E-state index in [-0.39, 0.29) is 10.2 Å². The largest absolute Gasteiger partial charge is 0.343 e. The van der Waals surface area contributed by atoms with Crippen LogP contribution in [0.5, 0.6) is 0 Å². The fourth-order valence-corrected chi connectivity index (χ4v) is 0.527. The lowest BCUT2D eigenvalue weighted by atomic mass is 10.6. The van der Waals surface area contributed by atoms with Gasteiger partial charge in [-0.1, -0.05) is 23.8 Å². The van der Waals surface area contributed by atoms with Crippen LogP contribution in [0.2, 0.25) is 0 Å². The monoisotopic (exact) mass is 151 g/mol. The molecular weight excluding hydrogens is 146 g/mol. The Morgan fingerprint density at radius 3 is 2.00 bits per heavy atom. The topological polar surface area (TPSA) is 20.3 Å². The van der Waals surface area contributed by atoms with Gasteiger partial charge in [0, 0.05) is 14.1 Å². The van der Waals surface area contributed by atoms with Gasteiger partial charge in [-0.05, 0) is 0 Å². The van der Waals surface area contributed by atoms with Crippen molar-refractivity contribution in [2.75, 3.05) is 14.1 Å². The highest BCUT2D eigenvalue weighted by atomic mass is 35.5. The molecule has 0 bridgehead atoms. The van der Waals surface area contributed by atoms with Crippen molar-refractivity contribution < 1.29 is 4.79 Å². The van der Waals surface area contributed by atoms with Gasteiger partial charge in [0.1, 0.15) is 0 Å². The number of carbonyl (C=O) groups is 1. The van der Waals surface area contributed by atoms with Gasteiger partial charge in [0.05, 0.1) is 0 Å². The molecule has 0 saturated heterocycles. The number of amides is 1. The van der Waals surface area contributed by atoms with E-state index >= 15 is 0 Å². The Labute approximate surface area is 58.4 Å². The van der Waals surface area contributed by atoms with Crippen LogP contribution in [-0.2, 0) is 4.79 Å². The predicted octanol–water partition coefficient (Wildman–Crippen LogP) is 0.641. The zero-order valence-electron chi connectivity index (χ0n) is 4.64. The quantitative estimate of drug-likeness (QED) is 0.405. The van der Waals surface area contributed by atoms with E-state index in [0.29, 0.717) is 0 Å². The molecule has 0 aliphatic rings. The van der Waals surface area contributed by atoms with Crippen LogP contribution in [-0.4, -0.2) is 29.2 Å². The standard InChI is InChI=1S/C4H6ClNOS/c1-6(2)4(7)3(5)8/h1-2H3. The highest BCUT2D eigenvalue weighted by Crippen LogP contribution is 1.88. The van der Waals surface area contributed by atoms with E-state index in [4.69, 9.17) is 11.6 Å². The van der Waals surface area contributed by atoms with Gasteiger partial charge in [-0.3, -0.25) is 4.79 Å². The molecule has 0 fully saturated rings. The van der Waals surface area contributed by atoms with E-state index in [1.165, 1.54) is 4.90 Å². The number of carbonyl (C=O) groups excluding carboxylic acids is 1. The summed E-state index contributed by atoms with van der Waals surface area (Å²) in [5, 5.41) is 0. The minimum absolute atomic E-state index is 0.116. The van der Waals surface area contributed by atoms with Crippen molar-refractivity contribution in [1.29, 1.82) is 0 Å². The molecule has 0 spiro atoms. The average molecular weight is 152 g/mol. The van der Waals surface area contributed by atoms with Crippen molar-refractivity contribution in [3.63, 3.8) is 0 Å². The van der Waals surface area contributed by atoms with Crippen LogP contribution >= 0.6 is 23.8 Å². The van der Waals surface area contributed by atoms with Crippen LogP contribution in [0.25, 0.3) is 0 Å². The van der Waals surface area contributed by atoms with Crippen LogP contribution in [0.1, 0.15) is 0 Å². The number of hydrogen-bond acceptors (Lipinski definition) is 2.